The van der Waals surface area contributed by atoms with Crippen molar-refractivity contribution >= 4 is 5.91 Å². The predicted molar refractivity (Wildman–Crippen MR) is 86.4 cm³/mol. The largest absolute Gasteiger partial charge is 0.365 e. The molecule has 1 N–H and O–H groups in total. The van der Waals surface area contributed by atoms with Crippen molar-refractivity contribution in [2.45, 2.75) is 26.9 Å². The Morgan fingerprint density at radius 1 is 1.33 bits per heavy atom. The quantitative estimate of drug-likeness (QED) is 0.868. The molecule has 1 aliphatic rings. The van der Waals surface area contributed by atoms with E-state index in [0.717, 1.165) is 35.3 Å². The highest BCUT2D eigenvalue weighted by Crippen LogP contribution is 2.10. The van der Waals surface area contributed by atoms with E-state index in [9.17, 15) is 4.79 Å². The van der Waals surface area contributed by atoms with Crippen LogP contribution in [0.4, 0.5) is 0 Å². The number of rotatable bonds is 3. The minimum atomic E-state index is -0.0161. The van der Waals surface area contributed by atoms with E-state index >= 15 is 0 Å². The number of carbonyl (C=O) groups is 1. The summed E-state index contributed by atoms with van der Waals surface area (Å²) in [5, 5.41) is 2.97. The second-order valence-electron chi connectivity index (χ2n) is 5.86. The van der Waals surface area contributed by atoms with Gasteiger partial charge in [0.1, 0.15) is 19.2 Å². The van der Waals surface area contributed by atoms with E-state index in [1.165, 1.54) is 0 Å². The van der Waals surface area contributed by atoms with Crippen LogP contribution in [0.3, 0.4) is 0 Å². The number of morpholine rings is 1. The lowest BCUT2D eigenvalue weighted by Crippen LogP contribution is -2.55. The fourth-order valence-electron chi connectivity index (χ4n) is 2.41. The fraction of sp³-hybridized carbons (Fsp3) is 0.588. The third-order valence-electron chi connectivity index (χ3n) is 3.63. The van der Waals surface area contributed by atoms with Gasteiger partial charge in [0.2, 0.25) is 0 Å². The number of benzene rings is 1. The highest BCUT2D eigenvalue weighted by molar-refractivity contribution is 5.95. The molecule has 1 unspecified atom stereocenters. The first-order valence-corrected chi connectivity index (χ1v) is 7.75. The molecule has 1 saturated heterocycles. The van der Waals surface area contributed by atoms with Crippen LogP contribution in [0.15, 0.2) is 24.3 Å². The van der Waals surface area contributed by atoms with Crippen LogP contribution in [0.1, 0.15) is 29.8 Å². The summed E-state index contributed by atoms with van der Waals surface area (Å²) in [6.07, 6.45) is 0.108. The zero-order valence-corrected chi connectivity index (χ0v) is 14.0. The van der Waals surface area contributed by atoms with Crippen molar-refractivity contribution in [2.24, 2.45) is 0 Å². The minimum absolute atomic E-state index is 0.0161. The molecule has 1 amide bonds. The van der Waals surface area contributed by atoms with E-state index in [2.05, 4.69) is 19.4 Å². The molecule has 0 aliphatic carbocycles. The molecule has 0 radical (unpaired) electrons. The first-order valence-electron chi connectivity index (χ1n) is 7.75. The molecule has 4 nitrogen and oxygen atoms in total. The van der Waals surface area contributed by atoms with Crippen LogP contribution in [0, 0.1) is 6.92 Å². The van der Waals surface area contributed by atoms with Gasteiger partial charge in [0.25, 0.3) is 5.91 Å². The summed E-state index contributed by atoms with van der Waals surface area (Å²) in [7, 11) is 4.39. The van der Waals surface area contributed by atoms with Gasteiger partial charge in [-0.2, -0.15) is 0 Å². The lowest BCUT2D eigenvalue weighted by atomic mass is 10.1. The van der Waals surface area contributed by atoms with E-state index in [1.54, 1.807) is 0 Å². The Bertz CT molecular complexity index is 458. The number of nitrogens with one attached hydrogen (secondary N) is 1. The normalized spacial score (nSPS) is 20.1. The van der Waals surface area contributed by atoms with Gasteiger partial charge in [-0.15, -0.1) is 0 Å². The van der Waals surface area contributed by atoms with Crippen LogP contribution in [0.25, 0.3) is 0 Å². The third kappa shape index (κ3) is 5.48. The molecule has 1 aliphatic heterocycles. The molecule has 1 heterocycles. The highest BCUT2D eigenvalue weighted by atomic mass is 16.5. The number of hydrogen-bond donors (Lipinski definition) is 1. The third-order valence-corrected chi connectivity index (χ3v) is 3.63. The molecule has 1 aromatic carbocycles. The number of aryl methyl sites for hydroxylation is 1. The van der Waals surface area contributed by atoms with E-state index in [1.807, 2.05) is 45.0 Å². The average molecular weight is 293 g/mol. The van der Waals surface area contributed by atoms with Crippen LogP contribution in [-0.2, 0) is 4.74 Å². The molecule has 0 aromatic heterocycles. The lowest BCUT2D eigenvalue weighted by Gasteiger charge is -2.37. The topological polar surface area (TPSA) is 38.3 Å². The molecule has 4 heteroatoms. The van der Waals surface area contributed by atoms with Crippen molar-refractivity contribution in [3.05, 3.63) is 35.4 Å². The number of nitrogens with zero attached hydrogens (tertiary/aromatic N) is 1. The number of carbonyl (C=O) groups excluding carboxylic acids is 1. The zero-order valence-electron chi connectivity index (χ0n) is 14.0. The monoisotopic (exact) mass is 293 g/mol. The maximum absolute atomic E-state index is 12.1. The van der Waals surface area contributed by atoms with E-state index in [0.29, 0.717) is 6.54 Å². The second-order valence-corrected chi connectivity index (χ2v) is 5.86. The molecular weight excluding hydrogens is 264 g/mol. The van der Waals surface area contributed by atoms with Crippen molar-refractivity contribution in [1.82, 2.24) is 5.32 Å². The standard InChI is InChI=1S/C15H22N2O2.C2H6/c1-12-6-4-5-7-14(12)15(18)16-10-13-11-17(2,3)8-9-19-13;1-2/h4-7,13H,8-11H2,1-3H3;1-2H3/p+1. The van der Waals surface area contributed by atoms with E-state index in [4.69, 9.17) is 4.74 Å². The molecular formula is C17H29N2O2+. The van der Waals surface area contributed by atoms with Crippen LogP contribution in [-0.4, -0.2) is 56.8 Å². The van der Waals surface area contributed by atoms with Gasteiger partial charge < -0.3 is 14.5 Å². The molecule has 1 atom stereocenters. The van der Waals surface area contributed by atoms with Gasteiger partial charge in [0.15, 0.2) is 0 Å². The number of hydrogen-bond acceptors (Lipinski definition) is 2. The lowest BCUT2D eigenvalue weighted by molar-refractivity contribution is -0.901. The first kappa shape index (κ1) is 17.7. The summed E-state index contributed by atoms with van der Waals surface area (Å²) < 4.78 is 6.65. The number of likely N-dealkylation sites (N-methyl/N-ethyl adjacent to an activating group) is 1. The van der Waals surface area contributed by atoms with Gasteiger partial charge in [0, 0.05) is 12.1 Å². The van der Waals surface area contributed by atoms with Crippen molar-refractivity contribution in [3.8, 4) is 0 Å². The van der Waals surface area contributed by atoms with E-state index in [-0.39, 0.29) is 12.0 Å². The van der Waals surface area contributed by atoms with Crippen LogP contribution in [0.2, 0.25) is 0 Å². The smallest absolute Gasteiger partial charge is 0.251 e. The summed E-state index contributed by atoms with van der Waals surface area (Å²) in [6.45, 7) is 9.26. The molecule has 21 heavy (non-hydrogen) atoms. The van der Waals surface area contributed by atoms with Gasteiger partial charge >= 0.3 is 0 Å². The Balaban J connectivity index is 0.00000106. The second kappa shape index (κ2) is 8.15. The highest BCUT2D eigenvalue weighted by Gasteiger charge is 2.28. The predicted octanol–water partition coefficient (Wildman–Crippen LogP) is 2.23. The van der Waals surface area contributed by atoms with Crippen molar-refractivity contribution in [2.75, 3.05) is 40.3 Å². The average Bonchev–Trinajstić information content (AvgIpc) is 2.46. The van der Waals surface area contributed by atoms with Crippen LogP contribution >= 0.6 is 0 Å². The molecule has 0 spiro atoms. The Hall–Kier alpha value is -1.39. The van der Waals surface area contributed by atoms with Crippen molar-refractivity contribution < 1.29 is 14.0 Å². The van der Waals surface area contributed by atoms with Crippen molar-refractivity contribution in [3.63, 3.8) is 0 Å². The summed E-state index contributed by atoms with van der Waals surface area (Å²) in [5.74, 6) is -0.0161. The van der Waals surface area contributed by atoms with Gasteiger partial charge in [-0.05, 0) is 18.6 Å². The van der Waals surface area contributed by atoms with Crippen LogP contribution in [0.5, 0.6) is 0 Å². The summed E-state index contributed by atoms with van der Waals surface area (Å²) in [5.41, 5.74) is 1.74. The van der Waals surface area contributed by atoms with Gasteiger partial charge in [0.05, 0.1) is 20.7 Å². The molecule has 1 fully saturated rings. The molecule has 0 saturated carbocycles. The van der Waals surface area contributed by atoms with Crippen molar-refractivity contribution in [1.29, 1.82) is 0 Å². The Morgan fingerprint density at radius 2 is 2.00 bits per heavy atom. The molecule has 2 rings (SSSR count). The van der Waals surface area contributed by atoms with Gasteiger partial charge in [-0.25, -0.2) is 0 Å². The van der Waals surface area contributed by atoms with Gasteiger partial charge in [-0.3, -0.25) is 4.79 Å². The molecule has 1 aromatic rings. The Kier molecular flexibility index (Phi) is 6.85. The summed E-state index contributed by atoms with van der Waals surface area (Å²) >= 11 is 0. The summed E-state index contributed by atoms with van der Waals surface area (Å²) in [6, 6.07) is 7.63. The van der Waals surface area contributed by atoms with Gasteiger partial charge in [-0.1, -0.05) is 32.0 Å². The first-order chi connectivity index (χ1) is 9.98. The fourth-order valence-corrected chi connectivity index (χ4v) is 2.41. The zero-order chi connectivity index (χ0) is 15.9. The number of quaternary nitrogens is 1. The summed E-state index contributed by atoms with van der Waals surface area (Å²) in [4.78, 5) is 12.1. The molecule has 118 valence electrons. The molecule has 0 bridgehead atoms. The SMILES string of the molecule is CC.Cc1ccccc1C(=O)NCC1C[N+](C)(C)CCO1. The minimum Gasteiger partial charge on any atom is -0.365 e. The Morgan fingerprint density at radius 3 is 2.62 bits per heavy atom. The maximum Gasteiger partial charge on any atom is 0.251 e. The maximum atomic E-state index is 12.1. The Labute approximate surface area is 128 Å². The number of amides is 1. The van der Waals surface area contributed by atoms with E-state index < -0.39 is 0 Å². The van der Waals surface area contributed by atoms with Crippen LogP contribution < -0.4 is 5.32 Å². The number of ether oxygens (including phenoxy) is 1.